The fourth-order valence-corrected chi connectivity index (χ4v) is 5.31. The molecule has 0 unspecified atom stereocenters. The molecule has 7 aromatic rings. The highest BCUT2D eigenvalue weighted by molar-refractivity contribution is 5.34. The number of hydrogen-bond acceptors (Lipinski definition) is 9. The number of nitrogens with zero attached hydrogens (tertiary/aromatic N) is 6. The van der Waals surface area contributed by atoms with Crippen molar-refractivity contribution in [2.45, 2.75) is 38.5 Å². The van der Waals surface area contributed by atoms with E-state index >= 15 is 0 Å². The maximum Gasteiger partial charge on any atom is 0.231 e. The van der Waals surface area contributed by atoms with Crippen molar-refractivity contribution in [2.75, 3.05) is 0 Å². The summed E-state index contributed by atoms with van der Waals surface area (Å²) in [5, 5.41) is 12.6. The third-order valence-corrected chi connectivity index (χ3v) is 7.32. The van der Waals surface area contributed by atoms with Crippen LogP contribution in [0.1, 0.15) is 68.5 Å². The first-order valence-corrected chi connectivity index (χ1v) is 14.9. The van der Waals surface area contributed by atoms with Gasteiger partial charge in [-0.2, -0.15) is 15.0 Å². The molecule has 3 heterocycles. The van der Waals surface area contributed by atoms with Crippen LogP contribution < -0.4 is 0 Å². The lowest BCUT2D eigenvalue weighted by Crippen LogP contribution is -1.99. The third kappa shape index (κ3) is 7.64. The fraction of sp³-hybridized carbons (Fsp3) is 0.167. The number of rotatable bonds is 12. The summed E-state index contributed by atoms with van der Waals surface area (Å²) < 4.78 is 16.9. The molecule has 0 saturated heterocycles. The van der Waals surface area contributed by atoms with Crippen molar-refractivity contribution in [1.82, 2.24) is 30.4 Å². The molecule has 0 aliphatic heterocycles. The Labute approximate surface area is 260 Å². The maximum atomic E-state index is 5.63. The van der Waals surface area contributed by atoms with Crippen molar-refractivity contribution in [3.63, 3.8) is 0 Å². The highest BCUT2D eigenvalue weighted by Gasteiger charge is 2.15. The largest absolute Gasteiger partial charge is 0.339 e. The van der Waals surface area contributed by atoms with Gasteiger partial charge in [-0.1, -0.05) is 125 Å². The van der Waals surface area contributed by atoms with Crippen LogP contribution in [0.5, 0.6) is 0 Å². The molecule has 0 saturated carbocycles. The monoisotopic (exact) mass is 594 g/mol. The van der Waals surface area contributed by atoms with Crippen LogP contribution in [-0.2, 0) is 38.5 Å². The Morgan fingerprint density at radius 3 is 0.911 bits per heavy atom. The van der Waals surface area contributed by atoms with Gasteiger partial charge in [-0.25, -0.2) is 0 Å². The molecule has 0 N–H and O–H groups in total. The van der Waals surface area contributed by atoms with E-state index in [1.807, 2.05) is 54.6 Å². The number of hydrogen-bond donors (Lipinski definition) is 0. The minimum atomic E-state index is 0.481. The zero-order valence-corrected chi connectivity index (χ0v) is 24.5. The van der Waals surface area contributed by atoms with Gasteiger partial charge in [0.15, 0.2) is 17.5 Å². The first-order chi connectivity index (χ1) is 22.2. The van der Waals surface area contributed by atoms with E-state index in [1.165, 1.54) is 0 Å². The second-order valence-electron chi connectivity index (χ2n) is 11.0. The fourth-order valence-electron chi connectivity index (χ4n) is 5.31. The summed E-state index contributed by atoms with van der Waals surface area (Å²) >= 11 is 0. The molecule has 0 spiro atoms. The minimum absolute atomic E-state index is 0.481. The number of aromatic nitrogens is 6. The van der Waals surface area contributed by atoms with Crippen LogP contribution in [0, 0.1) is 0 Å². The third-order valence-electron chi connectivity index (χ3n) is 7.32. The van der Waals surface area contributed by atoms with Gasteiger partial charge in [-0.05, 0) is 33.4 Å². The van der Waals surface area contributed by atoms with Gasteiger partial charge in [0.25, 0.3) is 0 Å². The average Bonchev–Trinajstić information content (AvgIpc) is 3.81. The Morgan fingerprint density at radius 2 is 0.622 bits per heavy atom. The normalized spacial score (nSPS) is 11.2. The van der Waals surface area contributed by atoms with E-state index in [2.05, 4.69) is 85.0 Å². The molecular formula is C36H30N6O3. The van der Waals surface area contributed by atoms with E-state index in [4.69, 9.17) is 13.6 Å². The van der Waals surface area contributed by atoms with Crippen molar-refractivity contribution in [3.05, 3.63) is 178 Å². The van der Waals surface area contributed by atoms with Gasteiger partial charge >= 0.3 is 0 Å². The predicted molar refractivity (Wildman–Crippen MR) is 165 cm³/mol. The average molecular weight is 595 g/mol. The molecule has 222 valence electrons. The Balaban J connectivity index is 1.10. The summed E-state index contributed by atoms with van der Waals surface area (Å²) in [6.07, 6.45) is 3.28. The molecule has 7 rings (SSSR count). The van der Waals surface area contributed by atoms with E-state index in [0.717, 1.165) is 33.4 Å². The van der Waals surface area contributed by atoms with Crippen LogP contribution in [0.2, 0.25) is 0 Å². The van der Waals surface area contributed by atoms with Crippen LogP contribution in [0.4, 0.5) is 0 Å². The van der Waals surface area contributed by atoms with E-state index in [9.17, 15) is 0 Å². The Kier molecular flexibility index (Phi) is 8.30. The maximum absolute atomic E-state index is 5.63. The zero-order chi connectivity index (χ0) is 30.3. The van der Waals surface area contributed by atoms with Crippen LogP contribution >= 0.6 is 0 Å². The van der Waals surface area contributed by atoms with Crippen molar-refractivity contribution >= 4 is 0 Å². The molecule has 9 heteroatoms. The molecule has 0 radical (unpaired) electrons. The SMILES string of the molecule is c1ccc(Cc2noc(Cc3cc(Cc4nc(Cc5ccccc5)no4)cc(Cc4nc(Cc5ccccc5)no4)c3)n2)cc1. The van der Waals surface area contributed by atoms with Gasteiger partial charge in [0, 0.05) is 19.3 Å². The van der Waals surface area contributed by atoms with Gasteiger partial charge in [0.05, 0.1) is 19.3 Å². The molecule has 0 aliphatic carbocycles. The van der Waals surface area contributed by atoms with Gasteiger partial charge in [0.1, 0.15) is 0 Å². The van der Waals surface area contributed by atoms with E-state index in [1.54, 1.807) is 0 Å². The van der Waals surface area contributed by atoms with E-state index in [-0.39, 0.29) is 0 Å². The second-order valence-corrected chi connectivity index (χ2v) is 11.0. The quantitative estimate of drug-likeness (QED) is 0.159. The van der Waals surface area contributed by atoms with Gasteiger partial charge in [-0.3, -0.25) is 0 Å². The first-order valence-electron chi connectivity index (χ1n) is 14.9. The lowest BCUT2D eigenvalue weighted by atomic mass is 9.99. The lowest BCUT2D eigenvalue weighted by molar-refractivity contribution is 0.378. The molecule has 4 aromatic carbocycles. The molecule has 0 bridgehead atoms. The predicted octanol–water partition coefficient (Wildman–Crippen LogP) is 6.38. The summed E-state index contributed by atoms with van der Waals surface area (Å²) in [6.45, 7) is 0. The summed E-state index contributed by atoms with van der Waals surface area (Å²) in [4.78, 5) is 14.0. The van der Waals surface area contributed by atoms with Crippen LogP contribution in [0.15, 0.2) is 123 Å². The van der Waals surface area contributed by atoms with Crippen LogP contribution in [0.25, 0.3) is 0 Å². The van der Waals surface area contributed by atoms with Crippen LogP contribution in [0.3, 0.4) is 0 Å². The Hall–Kier alpha value is -5.70. The lowest BCUT2D eigenvalue weighted by Gasteiger charge is -2.07. The first kappa shape index (κ1) is 28.1. The topological polar surface area (TPSA) is 117 Å². The van der Waals surface area contributed by atoms with Crippen LogP contribution in [-0.4, -0.2) is 30.4 Å². The molecule has 0 atom stereocenters. The molecule has 0 amide bonds. The molecule has 3 aromatic heterocycles. The zero-order valence-electron chi connectivity index (χ0n) is 24.5. The van der Waals surface area contributed by atoms with Crippen molar-refractivity contribution in [2.24, 2.45) is 0 Å². The highest BCUT2D eigenvalue weighted by Crippen LogP contribution is 2.20. The Bertz CT molecular complexity index is 1730. The van der Waals surface area contributed by atoms with Gasteiger partial charge in [0.2, 0.25) is 17.7 Å². The number of benzene rings is 4. The van der Waals surface area contributed by atoms with E-state index < -0.39 is 0 Å². The van der Waals surface area contributed by atoms with Crippen molar-refractivity contribution < 1.29 is 13.6 Å². The Morgan fingerprint density at radius 1 is 0.333 bits per heavy atom. The van der Waals surface area contributed by atoms with E-state index in [0.29, 0.717) is 73.7 Å². The second kappa shape index (κ2) is 13.3. The molecule has 9 nitrogen and oxygen atoms in total. The molecule has 0 aliphatic rings. The van der Waals surface area contributed by atoms with Gasteiger partial charge < -0.3 is 13.6 Å². The molecule has 0 fully saturated rings. The highest BCUT2D eigenvalue weighted by atomic mass is 16.5. The summed E-state index contributed by atoms with van der Waals surface area (Å²) in [5.41, 5.74) is 6.45. The molecular weight excluding hydrogens is 564 g/mol. The standard InChI is InChI=1S/C36H30N6O3/c1-4-10-25(11-5-1)19-31-37-34(43-40-31)22-28-16-29(23-35-38-32(41-44-35)20-26-12-6-2-7-13-26)18-30(17-28)24-36-39-33(42-45-36)21-27-14-8-3-9-15-27/h1-18H,19-24H2. The van der Waals surface area contributed by atoms with Crippen molar-refractivity contribution in [1.29, 1.82) is 0 Å². The summed E-state index contributed by atoms with van der Waals surface area (Å²) in [5.74, 6) is 3.61. The summed E-state index contributed by atoms with van der Waals surface area (Å²) in [6, 6.07) is 36.7. The minimum Gasteiger partial charge on any atom is -0.339 e. The smallest absolute Gasteiger partial charge is 0.231 e. The summed E-state index contributed by atoms with van der Waals surface area (Å²) in [7, 11) is 0. The van der Waals surface area contributed by atoms with Crippen molar-refractivity contribution in [3.8, 4) is 0 Å². The van der Waals surface area contributed by atoms with Gasteiger partial charge in [-0.15, -0.1) is 0 Å². The molecule has 45 heavy (non-hydrogen) atoms.